The molecule has 3 rings (SSSR count). The first-order valence-corrected chi connectivity index (χ1v) is 8.42. The van der Waals surface area contributed by atoms with Crippen molar-refractivity contribution in [3.05, 3.63) is 70.8 Å². The predicted octanol–water partition coefficient (Wildman–Crippen LogP) is 3.90. The van der Waals surface area contributed by atoms with Crippen molar-refractivity contribution in [3.8, 4) is 0 Å². The summed E-state index contributed by atoms with van der Waals surface area (Å²) in [7, 11) is 0. The number of nitrogens with one attached hydrogen (secondary N) is 1. The number of nitrogens with zero attached hydrogens (tertiary/aromatic N) is 1. The van der Waals surface area contributed by atoms with Crippen LogP contribution in [-0.4, -0.2) is 23.7 Å². The van der Waals surface area contributed by atoms with Crippen LogP contribution in [0.3, 0.4) is 0 Å². The molecule has 7 heteroatoms. The highest BCUT2D eigenvalue weighted by molar-refractivity contribution is 5.92. The number of benzene rings is 2. The lowest BCUT2D eigenvalue weighted by Crippen LogP contribution is -2.26. The van der Waals surface area contributed by atoms with Gasteiger partial charge in [-0.15, -0.1) is 0 Å². The summed E-state index contributed by atoms with van der Waals surface area (Å²) >= 11 is 0. The molecule has 0 fully saturated rings. The third-order valence-corrected chi connectivity index (χ3v) is 4.47. The molecule has 5 nitrogen and oxygen atoms in total. The fourth-order valence-corrected chi connectivity index (χ4v) is 3.04. The second-order valence-electron chi connectivity index (χ2n) is 6.30. The zero-order valence-electron chi connectivity index (χ0n) is 14.6. The van der Waals surface area contributed by atoms with Crippen molar-refractivity contribution in [1.29, 1.82) is 0 Å². The first kappa shape index (κ1) is 18.6. The van der Waals surface area contributed by atoms with E-state index in [1.54, 1.807) is 19.1 Å². The summed E-state index contributed by atoms with van der Waals surface area (Å²) < 4.78 is 26.5. The Morgan fingerprint density at radius 1 is 1.22 bits per heavy atom. The number of amides is 2. The second-order valence-corrected chi connectivity index (χ2v) is 6.30. The average molecular weight is 372 g/mol. The minimum absolute atomic E-state index is 0.116. The normalized spacial score (nSPS) is 14.3. The predicted molar refractivity (Wildman–Crippen MR) is 97.5 cm³/mol. The summed E-state index contributed by atoms with van der Waals surface area (Å²) in [5, 5.41) is 11.9. The first-order chi connectivity index (χ1) is 12.8. The Kier molecular flexibility index (Phi) is 5.21. The lowest BCUT2D eigenvalue weighted by Gasteiger charge is -2.16. The molecular formula is C20H18F2N2O3. The zero-order chi connectivity index (χ0) is 19.6. The standard InChI is InChI=1S/C20H18F2N2O3/c1-12(14-3-6-18-15(10-14)8-9-24(18)20(26)27)23-19(25)7-4-13-2-5-16(21)11-17(13)22/h2-7,10-12H,8-9H2,1H3,(H,23,25)(H,26,27)/b7-4+. The van der Waals surface area contributed by atoms with Gasteiger partial charge in [0.05, 0.1) is 11.7 Å². The lowest BCUT2D eigenvalue weighted by atomic mass is 10.0. The van der Waals surface area contributed by atoms with Gasteiger partial charge in [0.2, 0.25) is 5.91 Å². The number of anilines is 1. The third kappa shape index (κ3) is 4.13. The van der Waals surface area contributed by atoms with Crippen LogP contribution in [-0.2, 0) is 11.2 Å². The van der Waals surface area contributed by atoms with E-state index < -0.39 is 23.6 Å². The molecule has 2 N–H and O–H groups in total. The van der Waals surface area contributed by atoms with E-state index in [9.17, 15) is 18.4 Å². The molecule has 2 aromatic rings. The van der Waals surface area contributed by atoms with Crippen LogP contribution in [0.5, 0.6) is 0 Å². The largest absolute Gasteiger partial charge is 0.465 e. The van der Waals surface area contributed by atoms with Crippen LogP contribution in [0.4, 0.5) is 19.3 Å². The van der Waals surface area contributed by atoms with Gasteiger partial charge in [-0.3, -0.25) is 9.69 Å². The van der Waals surface area contributed by atoms with Gasteiger partial charge in [-0.05, 0) is 48.7 Å². The van der Waals surface area contributed by atoms with E-state index in [0.717, 1.165) is 23.3 Å². The monoisotopic (exact) mass is 372 g/mol. The highest BCUT2D eigenvalue weighted by atomic mass is 19.1. The van der Waals surface area contributed by atoms with Gasteiger partial charge in [-0.25, -0.2) is 13.6 Å². The maximum atomic E-state index is 13.6. The fourth-order valence-electron chi connectivity index (χ4n) is 3.04. The number of carbonyl (C=O) groups is 2. The third-order valence-electron chi connectivity index (χ3n) is 4.47. The molecule has 0 saturated heterocycles. The van der Waals surface area contributed by atoms with Gasteiger partial charge in [0.15, 0.2) is 0 Å². The number of hydrogen-bond acceptors (Lipinski definition) is 2. The van der Waals surface area contributed by atoms with E-state index in [0.29, 0.717) is 18.7 Å². The van der Waals surface area contributed by atoms with Crippen molar-refractivity contribution < 1.29 is 23.5 Å². The van der Waals surface area contributed by atoms with Crippen LogP contribution in [0.1, 0.15) is 29.7 Å². The van der Waals surface area contributed by atoms with Crippen LogP contribution >= 0.6 is 0 Å². The molecule has 0 radical (unpaired) electrons. The molecular weight excluding hydrogens is 354 g/mol. The van der Waals surface area contributed by atoms with Gasteiger partial charge in [-0.2, -0.15) is 0 Å². The SMILES string of the molecule is CC(NC(=O)/C=C/c1ccc(F)cc1F)c1ccc2c(c1)CCN2C(=O)O. The van der Waals surface area contributed by atoms with Crippen molar-refractivity contribution in [3.63, 3.8) is 0 Å². The van der Waals surface area contributed by atoms with Gasteiger partial charge in [-0.1, -0.05) is 12.1 Å². The Hall–Kier alpha value is -3.22. The van der Waals surface area contributed by atoms with E-state index in [-0.39, 0.29) is 11.6 Å². The number of carbonyl (C=O) groups excluding carboxylic acids is 1. The Morgan fingerprint density at radius 3 is 2.70 bits per heavy atom. The maximum absolute atomic E-state index is 13.6. The number of carboxylic acid groups (broad SMARTS) is 1. The summed E-state index contributed by atoms with van der Waals surface area (Å²) in [6, 6.07) is 8.20. The van der Waals surface area contributed by atoms with E-state index in [4.69, 9.17) is 5.11 Å². The van der Waals surface area contributed by atoms with Gasteiger partial charge in [0.1, 0.15) is 11.6 Å². The molecule has 1 aliphatic rings. The molecule has 1 heterocycles. The lowest BCUT2D eigenvalue weighted by molar-refractivity contribution is -0.117. The van der Waals surface area contributed by atoms with Gasteiger partial charge in [0.25, 0.3) is 0 Å². The highest BCUT2D eigenvalue weighted by Crippen LogP contribution is 2.30. The van der Waals surface area contributed by atoms with E-state index in [1.165, 1.54) is 23.1 Å². The Labute approximate surface area is 154 Å². The molecule has 2 amide bonds. The second kappa shape index (κ2) is 7.57. The summed E-state index contributed by atoms with van der Waals surface area (Å²) in [6.45, 7) is 2.22. The number of hydrogen-bond donors (Lipinski definition) is 2. The zero-order valence-corrected chi connectivity index (χ0v) is 14.6. The quantitative estimate of drug-likeness (QED) is 0.800. The summed E-state index contributed by atoms with van der Waals surface area (Å²) in [5.74, 6) is -1.84. The molecule has 27 heavy (non-hydrogen) atoms. The summed E-state index contributed by atoms with van der Waals surface area (Å²) in [4.78, 5) is 24.5. The molecule has 0 aliphatic carbocycles. The molecule has 0 aromatic heterocycles. The smallest absolute Gasteiger partial charge is 0.411 e. The summed E-state index contributed by atoms with van der Waals surface area (Å²) in [6.07, 6.45) is 2.11. The van der Waals surface area contributed by atoms with Crippen LogP contribution < -0.4 is 10.2 Å². The number of rotatable bonds is 4. The van der Waals surface area contributed by atoms with Gasteiger partial charge < -0.3 is 10.4 Å². The molecule has 0 bridgehead atoms. The van der Waals surface area contributed by atoms with Crippen LogP contribution in [0.2, 0.25) is 0 Å². The van der Waals surface area contributed by atoms with E-state index in [2.05, 4.69) is 5.32 Å². The van der Waals surface area contributed by atoms with Crippen LogP contribution in [0, 0.1) is 11.6 Å². The molecule has 2 aromatic carbocycles. The van der Waals surface area contributed by atoms with Crippen LogP contribution in [0.15, 0.2) is 42.5 Å². The molecule has 0 spiro atoms. The Bertz CT molecular complexity index is 927. The van der Waals surface area contributed by atoms with Crippen LogP contribution in [0.25, 0.3) is 6.08 Å². The molecule has 1 aliphatic heterocycles. The van der Waals surface area contributed by atoms with Crippen molar-refractivity contribution in [1.82, 2.24) is 5.32 Å². The average Bonchev–Trinajstić information content (AvgIpc) is 3.04. The number of halogens is 2. The van der Waals surface area contributed by atoms with Crippen molar-refractivity contribution in [2.75, 3.05) is 11.4 Å². The molecule has 140 valence electrons. The maximum Gasteiger partial charge on any atom is 0.411 e. The topological polar surface area (TPSA) is 69.6 Å². The van der Waals surface area contributed by atoms with Crippen molar-refractivity contribution >= 4 is 23.8 Å². The van der Waals surface area contributed by atoms with E-state index in [1.807, 2.05) is 6.07 Å². The Morgan fingerprint density at radius 2 is 2.00 bits per heavy atom. The van der Waals surface area contributed by atoms with Gasteiger partial charge >= 0.3 is 6.09 Å². The number of fused-ring (bicyclic) bond motifs is 1. The molecule has 1 atom stereocenters. The van der Waals surface area contributed by atoms with Crippen molar-refractivity contribution in [2.45, 2.75) is 19.4 Å². The summed E-state index contributed by atoms with van der Waals surface area (Å²) in [5.41, 5.74) is 2.54. The Balaban J connectivity index is 1.67. The van der Waals surface area contributed by atoms with Crippen molar-refractivity contribution in [2.24, 2.45) is 0 Å². The first-order valence-electron chi connectivity index (χ1n) is 8.42. The minimum Gasteiger partial charge on any atom is -0.465 e. The fraction of sp³-hybridized carbons (Fsp3) is 0.200. The highest BCUT2D eigenvalue weighted by Gasteiger charge is 2.24. The van der Waals surface area contributed by atoms with Gasteiger partial charge in [0, 0.05) is 24.3 Å². The molecule has 0 saturated carbocycles. The van der Waals surface area contributed by atoms with E-state index >= 15 is 0 Å². The minimum atomic E-state index is -0.985. The molecule has 1 unspecified atom stereocenters.